The van der Waals surface area contributed by atoms with Gasteiger partial charge in [0.2, 0.25) is 0 Å². The fourth-order valence-electron chi connectivity index (χ4n) is 8.88. The van der Waals surface area contributed by atoms with Crippen molar-refractivity contribution < 1.29 is 69.0 Å². The lowest BCUT2D eigenvalue weighted by Crippen LogP contribution is -2.61. The number of rotatable bonds is 46. The van der Waals surface area contributed by atoms with Crippen LogP contribution in [0, 0.1) is 0 Å². The van der Waals surface area contributed by atoms with Crippen LogP contribution in [0.2, 0.25) is 0 Å². The molecule has 11 atom stereocenters. The monoisotopic (exact) mass is 1020 g/mol. The number of esters is 1. The largest absolute Gasteiger partial charge is 0.457 e. The van der Waals surface area contributed by atoms with Gasteiger partial charge in [-0.05, 0) is 77.0 Å². The minimum Gasteiger partial charge on any atom is -0.457 e. The van der Waals surface area contributed by atoms with Crippen molar-refractivity contribution in [3.63, 3.8) is 0 Å². The molecule has 2 aliphatic rings. The highest BCUT2D eigenvalue weighted by atomic mass is 16.7. The average Bonchev–Trinajstić information content (AvgIpc) is 3.38. The van der Waals surface area contributed by atoms with Crippen molar-refractivity contribution in [3.05, 3.63) is 48.6 Å². The summed E-state index contributed by atoms with van der Waals surface area (Å²) in [6.07, 6.45) is 37.4. The third-order valence-corrected chi connectivity index (χ3v) is 13.6. The number of aliphatic hydroxyl groups is 7. The first-order valence-corrected chi connectivity index (χ1v) is 28.7. The van der Waals surface area contributed by atoms with E-state index in [0.717, 1.165) is 70.6 Å². The summed E-state index contributed by atoms with van der Waals surface area (Å²) in [5, 5.41) is 72.3. The number of hydrogen-bond donors (Lipinski definition) is 7. The molecule has 72 heavy (non-hydrogen) atoms. The average molecular weight is 1030 g/mol. The number of ether oxygens (including phenoxy) is 6. The van der Waals surface area contributed by atoms with Crippen LogP contribution in [0.25, 0.3) is 0 Å². The van der Waals surface area contributed by atoms with E-state index in [-0.39, 0.29) is 19.6 Å². The quantitative estimate of drug-likeness (QED) is 0.0172. The van der Waals surface area contributed by atoms with Crippen molar-refractivity contribution >= 4 is 5.97 Å². The molecule has 2 rings (SSSR count). The molecular weight excluding hydrogens is 921 g/mol. The molecule has 11 unspecified atom stereocenters. The zero-order valence-electron chi connectivity index (χ0n) is 44.9. The van der Waals surface area contributed by atoms with Crippen molar-refractivity contribution in [1.82, 2.24) is 0 Å². The van der Waals surface area contributed by atoms with E-state index in [0.29, 0.717) is 13.0 Å². The van der Waals surface area contributed by atoms with Crippen LogP contribution in [0.3, 0.4) is 0 Å². The molecule has 14 heteroatoms. The summed E-state index contributed by atoms with van der Waals surface area (Å²) in [6, 6.07) is 0. The second-order valence-electron chi connectivity index (χ2n) is 20.1. The van der Waals surface area contributed by atoms with Gasteiger partial charge in [-0.25, -0.2) is 0 Å². The van der Waals surface area contributed by atoms with Crippen LogP contribution in [0.1, 0.15) is 213 Å². The second-order valence-corrected chi connectivity index (χ2v) is 20.1. The molecule has 0 saturated carbocycles. The van der Waals surface area contributed by atoms with Crippen LogP contribution in [0.4, 0.5) is 0 Å². The van der Waals surface area contributed by atoms with E-state index in [1.54, 1.807) is 0 Å². The van der Waals surface area contributed by atoms with Crippen LogP contribution in [0.5, 0.6) is 0 Å². The Labute approximate surface area is 435 Å². The fraction of sp³-hybridized carbons (Fsp3) is 0.845. The van der Waals surface area contributed by atoms with Gasteiger partial charge in [0.15, 0.2) is 12.6 Å². The Morgan fingerprint density at radius 2 is 0.861 bits per heavy atom. The third kappa shape index (κ3) is 31.7. The summed E-state index contributed by atoms with van der Waals surface area (Å²) >= 11 is 0. The summed E-state index contributed by atoms with van der Waals surface area (Å²) < 4.78 is 34.4. The summed E-state index contributed by atoms with van der Waals surface area (Å²) in [6.45, 7) is 3.65. The smallest absolute Gasteiger partial charge is 0.306 e. The van der Waals surface area contributed by atoms with Crippen LogP contribution in [-0.2, 0) is 33.2 Å². The summed E-state index contributed by atoms with van der Waals surface area (Å²) in [5.74, 6) is -0.390. The number of allylic oxidation sites excluding steroid dienone is 8. The fourth-order valence-corrected chi connectivity index (χ4v) is 8.88. The van der Waals surface area contributed by atoms with Gasteiger partial charge in [-0.1, -0.05) is 178 Å². The molecule has 0 spiro atoms. The maximum atomic E-state index is 13.0. The molecule has 0 bridgehead atoms. The molecule has 0 aliphatic carbocycles. The standard InChI is InChI=1S/C58H104O14/c1-3-5-7-9-11-13-15-17-19-21-22-23-24-25-26-28-30-32-34-36-38-40-42-67-44-47(70-50(60)41-39-37-35-33-31-29-27-20-18-16-14-12-10-8-6-4-2)45-68-57-56(66)54(64)52(62)49(72-57)46-69-58-55(65)53(63)51(61)48(43-59)71-58/h14-17,20-22,27,47-49,51-59,61-66H,3-13,18-19,23-26,28-46H2,1-2H3/b16-14-,17-15-,22-21-,27-20-. The van der Waals surface area contributed by atoms with Gasteiger partial charge in [0, 0.05) is 13.0 Å². The molecule has 7 N–H and O–H groups in total. The van der Waals surface area contributed by atoms with Crippen molar-refractivity contribution in [2.75, 3.05) is 33.0 Å². The number of unbranched alkanes of at least 4 members (excludes halogenated alkanes) is 24. The first-order chi connectivity index (χ1) is 35.1. The lowest BCUT2D eigenvalue weighted by atomic mass is 9.98. The maximum absolute atomic E-state index is 13.0. The summed E-state index contributed by atoms with van der Waals surface area (Å²) in [5.41, 5.74) is 0. The number of carbonyl (C=O) groups excluding carboxylic acids is 1. The van der Waals surface area contributed by atoms with E-state index in [4.69, 9.17) is 28.4 Å². The van der Waals surface area contributed by atoms with Gasteiger partial charge in [0.05, 0.1) is 26.4 Å². The van der Waals surface area contributed by atoms with Gasteiger partial charge in [-0.15, -0.1) is 0 Å². The van der Waals surface area contributed by atoms with Crippen LogP contribution < -0.4 is 0 Å². The van der Waals surface area contributed by atoms with Gasteiger partial charge in [0.25, 0.3) is 0 Å². The molecular formula is C58H104O14. The van der Waals surface area contributed by atoms with Gasteiger partial charge in [-0.3, -0.25) is 4.79 Å². The SMILES string of the molecule is CCCCCC/C=C\C/C=C\CCCCCCCC(=O)OC(COCCCCCCCCCCCC/C=C\C/C=C\CCCCCCC)COC1OC(COC2OC(CO)C(O)C(O)C2O)C(O)C(O)C1O. The van der Waals surface area contributed by atoms with Crippen molar-refractivity contribution in [2.24, 2.45) is 0 Å². The van der Waals surface area contributed by atoms with E-state index >= 15 is 0 Å². The Morgan fingerprint density at radius 1 is 0.458 bits per heavy atom. The molecule has 2 saturated heterocycles. The maximum Gasteiger partial charge on any atom is 0.306 e. The number of carbonyl (C=O) groups is 1. The van der Waals surface area contributed by atoms with Gasteiger partial charge in [-0.2, -0.15) is 0 Å². The molecule has 0 aromatic carbocycles. The highest BCUT2D eigenvalue weighted by Crippen LogP contribution is 2.26. The molecule has 0 amide bonds. The normalized spacial score (nSPS) is 25.5. The van der Waals surface area contributed by atoms with E-state index in [9.17, 15) is 40.5 Å². The van der Waals surface area contributed by atoms with Crippen LogP contribution >= 0.6 is 0 Å². The molecule has 2 fully saturated rings. The molecule has 0 aromatic heterocycles. The van der Waals surface area contributed by atoms with Gasteiger partial charge < -0.3 is 64.2 Å². The molecule has 2 heterocycles. The minimum atomic E-state index is -1.71. The van der Waals surface area contributed by atoms with Gasteiger partial charge in [0.1, 0.15) is 54.9 Å². The van der Waals surface area contributed by atoms with E-state index < -0.39 is 86.7 Å². The van der Waals surface area contributed by atoms with E-state index in [1.807, 2.05) is 0 Å². The van der Waals surface area contributed by atoms with Crippen LogP contribution in [-0.4, -0.2) is 142 Å². The summed E-state index contributed by atoms with van der Waals surface area (Å²) in [7, 11) is 0. The first-order valence-electron chi connectivity index (χ1n) is 28.7. The zero-order chi connectivity index (χ0) is 52.3. The predicted octanol–water partition coefficient (Wildman–Crippen LogP) is 9.91. The van der Waals surface area contributed by atoms with Crippen LogP contribution in [0.15, 0.2) is 48.6 Å². The molecule has 420 valence electrons. The molecule has 0 radical (unpaired) electrons. The predicted molar refractivity (Wildman–Crippen MR) is 284 cm³/mol. The summed E-state index contributed by atoms with van der Waals surface area (Å²) in [4.78, 5) is 13.0. The van der Waals surface area contributed by atoms with E-state index in [1.165, 1.54) is 116 Å². The molecule has 14 nitrogen and oxygen atoms in total. The number of aliphatic hydroxyl groups excluding tert-OH is 7. The lowest BCUT2D eigenvalue weighted by molar-refractivity contribution is -0.332. The minimum absolute atomic E-state index is 0.0533. The topological polar surface area (TPSA) is 214 Å². The highest BCUT2D eigenvalue weighted by Gasteiger charge is 2.47. The van der Waals surface area contributed by atoms with Crippen molar-refractivity contribution in [2.45, 2.75) is 280 Å². The molecule has 2 aliphatic heterocycles. The Balaban J connectivity index is 1.72. The second kappa shape index (κ2) is 45.2. The third-order valence-electron chi connectivity index (χ3n) is 13.6. The Bertz CT molecular complexity index is 1370. The highest BCUT2D eigenvalue weighted by molar-refractivity contribution is 5.69. The Hall–Kier alpha value is -2.05. The zero-order valence-corrected chi connectivity index (χ0v) is 44.9. The molecule has 0 aromatic rings. The Morgan fingerprint density at radius 3 is 1.35 bits per heavy atom. The first kappa shape index (κ1) is 66.1. The van der Waals surface area contributed by atoms with Crippen molar-refractivity contribution in [3.8, 4) is 0 Å². The number of hydrogen-bond acceptors (Lipinski definition) is 14. The Kier molecular flexibility index (Phi) is 41.4. The van der Waals surface area contributed by atoms with E-state index in [2.05, 4.69) is 62.5 Å². The van der Waals surface area contributed by atoms with Gasteiger partial charge >= 0.3 is 5.97 Å². The lowest BCUT2D eigenvalue weighted by Gasteiger charge is -2.42. The van der Waals surface area contributed by atoms with Crippen molar-refractivity contribution in [1.29, 1.82) is 0 Å².